The largest absolute Gasteiger partial charge is 0.484 e. The number of benzene rings is 1. The topological polar surface area (TPSA) is 54.1 Å². The zero-order valence-corrected chi connectivity index (χ0v) is 11.3. The Hall–Kier alpha value is -1.94. The molecular weight excluding hydrogens is 264 g/mol. The molecule has 0 saturated heterocycles. The van der Waals surface area contributed by atoms with Crippen LogP contribution in [-0.4, -0.2) is 17.5 Å². The first-order valence-electron chi connectivity index (χ1n) is 5.93. The summed E-state index contributed by atoms with van der Waals surface area (Å²) in [6, 6.07) is 10.8. The van der Waals surface area contributed by atoms with Gasteiger partial charge in [-0.3, -0.25) is 4.79 Å². The summed E-state index contributed by atoms with van der Waals surface area (Å²) in [7, 11) is 0. The Kier molecular flexibility index (Phi) is 4.47. The van der Waals surface area contributed by atoms with Gasteiger partial charge in [-0.05, 0) is 43.3 Å². The molecule has 0 aliphatic heterocycles. The average Bonchev–Trinajstić information content (AvgIpc) is 2.81. The lowest BCUT2D eigenvalue weighted by Crippen LogP contribution is -2.28. The Morgan fingerprint density at radius 3 is 2.63 bits per heavy atom. The SMILES string of the molecule is Cc1ccc(CNC(=O)COc2ccc(Cl)cc2)[nH]1. The number of carbonyl (C=O) groups is 1. The van der Waals surface area contributed by atoms with Gasteiger partial charge in [0.05, 0.1) is 6.54 Å². The first kappa shape index (κ1) is 13.5. The van der Waals surface area contributed by atoms with Crippen LogP contribution >= 0.6 is 11.6 Å². The lowest BCUT2D eigenvalue weighted by Gasteiger charge is -2.06. The summed E-state index contributed by atoms with van der Waals surface area (Å²) in [6.45, 7) is 2.42. The Labute approximate surface area is 116 Å². The van der Waals surface area contributed by atoms with Gasteiger partial charge in [0.15, 0.2) is 6.61 Å². The summed E-state index contributed by atoms with van der Waals surface area (Å²) in [6.07, 6.45) is 0. The first-order valence-corrected chi connectivity index (χ1v) is 6.31. The summed E-state index contributed by atoms with van der Waals surface area (Å²) >= 11 is 5.76. The first-order chi connectivity index (χ1) is 9.13. The maximum absolute atomic E-state index is 11.6. The van der Waals surface area contributed by atoms with Crippen LogP contribution in [0.1, 0.15) is 11.4 Å². The number of nitrogens with one attached hydrogen (secondary N) is 2. The number of aryl methyl sites for hydroxylation is 1. The van der Waals surface area contributed by atoms with Crippen molar-refractivity contribution in [3.63, 3.8) is 0 Å². The van der Waals surface area contributed by atoms with E-state index < -0.39 is 0 Å². The molecule has 0 saturated carbocycles. The van der Waals surface area contributed by atoms with Crippen molar-refractivity contribution in [1.29, 1.82) is 0 Å². The van der Waals surface area contributed by atoms with E-state index >= 15 is 0 Å². The van der Waals surface area contributed by atoms with Crippen LogP contribution in [0.4, 0.5) is 0 Å². The van der Waals surface area contributed by atoms with E-state index in [0.29, 0.717) is 17.3 Å². The normalized spacial score (nSPS) is 10.2. The third-order valence-electron chi connectivity index (χ3n) is 2.55. The van der Waals surface area contributed by atoms with Gasteiger partial charge in [-0.2, -0.15) is 0 Å². The maximum atomic E-state index is 11.6. The molecule has 2 aromatic rings. The summed E-state index contributed by atoms with van der Waals surface area (Å²) in [5.74, 6) is 0.456. The van der Waals surface area contributed by atoms with E-state index in [-0.39, 0.29) is 12.5 Å². The number of aromatic amines is 1. The molecule has 2 N–H and O–H groups in total. The Morgan fingerprint density at radius 1 is 1.26 bits per heavy atom. The monoisotopic (exact) mass is 278 g/mol. The number of hydrogen-bond acceptors (Lipinski definition) is 2. The van der Waals surface area contributed by atoms with E-state index in [0.717, 1.165) is 11.4 Å². The molecule has 0 atom stereocenters. The van der Waals surface area contributed by atoms with E-state index in [1.165, 1.54) is 0 Å². The van der Waals surface area contributed by atoms with Crippen molar-refractivity contribution in [3.05, 3.63) is 52.8 Å². The summed E-state index contributed by atoms with van der Waals surface area (Å²) in [5, 5.41) is 3.41. The van der Waals surface area contributed by atoms with E-state index in [2.05, 4.69) is 10.3 Å². The molecule has 0 fully saturated rings. The fourth-order valence-electron chi connectivity index (χ4n) is 1.59. The highest BCUT2D eigenvalue weighted by atomic mass is 35.5. The minimum absolute atomic E-state index is 0.0126. The van der Waals surface area contributed by atoms with Crippen LogP contribution in [0, 0.1) is 6.92 Å². The Balaban J connectivity index is 1.74. The van der Waals surface area contributed by atoms with E-state index in [1.807, 2.05) is 19.1 Å². The van der Waals surface area contributed by atoms with E-state index in [4.69, 9.17) is 16.3 Å². The fraction of sp³-hybridized carbons (Fsp3) is 0.214. The number of aromatic nitrogens is 1. The van der Waals surface area contributed by atoms with Gasteiger partial charge in [-0.25, -0.2) is 0 Å². The maximum Gasteiger partial charge on any atom is 0.258 e. The third-order valence-corrected chi connectivity index (χ3v) is 2.80. The molecule has 5 heteroatoms. The van der Waals surface area contributed by atoms with Crippen molar-refractivity contribution < 1.29 is 9.53 Å². The molecule has 2 rings (SSSR count). The van der Waals surface area contributed by atoms with Gasteiger partial charge in [0, 0.05) is 16.4 Å². The zero-order valence-electron chi connectivity index (χ0n) is 10.6. The van der Waals surface area contributed by atoms with Crippen LogP contribution in [0.15, 0.2) is 36.4 Å². The van der Waals surface area contributed by atoms with Gasteiger partial charge in [-0.15, -0.1) is 0 Å². The molecule has 19 heavy (non-hydrogen) atoms. The Morgan fingerprint density at radius 2 is 2.00 bits per heavy atom. The summed E-state index contributed by atoms with van der Waals surface area (Å²) in [5.41, 5.74) is 2.04. The molecule has 1 heterocycles. The van der Waals surface area contributed by atoms with Crippen molar-refractivity contribution in [2.45, 2.75) is 13.5 Å². The van der Waals surface area contributed by atoms with Gasteiger partial charge in [-0.1, -0.05) is 11.6 Å². The van der Waals surface area contributed by atoms with Crippen molar-refractivity contribution in [3.8, 4) is 5.75 Å². The molecule has 100 valence electrons. The van der Waals surface area contributed by atoms with Crippen LogP contribution in [-0.2, 0) is 11.3 Å². The number of amides is 1. The number of ether oxygens (including phenoxy) is 1. The van der Waals surface area contributed by atoms with Gasteiger partial charge in [0.2, 0.25) is 0 Å². The highest BCUT2D eigenvalue weighted by Gasteiger charge is 2.03. The quantitative estimate of drug-likeness (QED) is 0.883. The van der Waals surface area contributed by atoms with Crippen LogP contribution < -0.4 is 10.1 Å². The predicted octanol–water partition coefficient (Wildman–Crippen LogP) is 2.67. The van der Waals surface area contributed by atoms with Gasteiger partial charge in [0.1, 0.15) is 5.75 Å². The summed E-state index contributed by atoms with van der Waals surface area (Å²) in [4.78, 5) is 14.7. The lowest BCUT2D eigenvalue weighted by atomic mass is 10.3. The van der Waals surface area contributed by atoms with E-state index in [9.17, 15) is 4.79 Å². The average molecular weight is 279 g/mol. The van der Waals surface area contributed by atoms with Gasteiger partial charge in [0.25, 0.3) is 5.91 Å². The standard InChI is InChI=1S/C14H15ClN2O2/c1-10-2-5-12(17-10)8-16-14(18)9-19-13-6-3-11(15)4-7-13/h2-7,17H,8-9H2,1H3,(H,16,18). The zero-order chi connectivity index (χ0) is 13.7. The molecule has 1 amide bonds. The Bertz CT molecular complexity index is 549. The highest BCUT2D eigenvalue weighted by Crippen LogP contribution is 2.15. The molecule has 0 aliphatic rings. The number of rotatable bonds is 5. The minimum Gasteiger partial charge on any atom is -0.484 e. The van der Waals surface area contributed by atoms with Crippen LogP contribution in [0.5, 0.6) is 5.75 Å². The van der Waals surface area contributed by atoms with Crippen LogP contribution in [0.25, 0.3) is 0 Å². The smallest absolute Gasteiger partial charge is 0.258 e. The third kappa shape index (κ3) is 4.34. The van der Waals surface area contributed by atoms with Gasteiger partial charge >= 0.3 is 0 Å². The van der Waals surface area contributed by atoms with Crippen molar-refractivity contribution >= 4 is 17.5 Å². The molecule has 4 nitrogen and oxygen atoms in total. The number of H-pyrrole nitrogens is 1. The number of carbonyl (C=O) groups excluding carboxylic acids is 1. The van der Waals surface area contributed by atoms with Crippen molar-refractivity contribution in [2.75, 3.05) is 6.61 Å². The molecule has 0 aliphatic carbocycles. The summed E-state index contributed by atoms with van der Waals surface area (Å²) < 4.78 is 5.34. The minimum atomic E-state index is -0.165. The highest BCUT2D eigenvalue weighted by molar-refractivity contribution is 6.30. The molecule has 0 unspecified atom stereocenters. The second-order valence-electron chi connectivity index (χ2n) is 4.19. The van der Waals surface area contributed by atoms with E-state index in [1.54, 1.807) is 24.3 Å². The molecular formula is C14H15ClN2O2. The molecule has 1 aromatic heterocycles. The number of hydrogen-bond donors (Lipinski definition) is 2. The molecule has 0 bridgehead atoms. The van der Waals surface area contributed by atoms with Crippen molar-refractivity contribution in [2.24, 2.45) is 0 Å². The molecule has 1 aromatic carbocycles. The molecule has 0 radical (unpaired) electrons. The van der Waals surface area contributed by atoms with Crippen LogP contribution in [0.2, 0.25) is 5.02 Å². The lowest BCUT2D eigenvalue weighted by molar-refractivity contribution is -0.123. The van der Waals surface area contributed by atoms with Crippen molar-refractivity contribution in [1.82, 2.24) is 10.3 Å². The second kappa shape index (κ2) is 6.29. The van der Waals surface area contributed by atoms with Crippen LogP contribution in [0.3, 0.4) is 0 Å². The predicted molar refractivity (Wildman–Crippen MR) is 74.3 cm³/mol. The molecule has 0 spiro atoms. The fourth-order valence-corrected chi connectivity index (χ4v) is 1.72. The number of halogens is 1. The van der Waals surface area contributed by atoms with Gasteiger partial charge < -0.3 is 15.0 Å². The second-order valence-corrected chi connectivity index (χ2v) is 4.62.